The first kappa shape index (κ1) is 13.1. The number of hydrogen-bond acceptors (Lipinski definition) is 2. The van der Waals surface area contributed by atoms with Gasteiger partial charge in [-0.25, -0.2) is 0 Å². The van der Waals surface area contributed by atoms with Crippen molar-refractivity contribution in [2.75, 3.05) is 0 Å². The summed E-state index contributed by atoms with van der Waals surface area (Å²) >= 11 is 0. The third-order valence-corrected chi connectivity index (χ3v) is 4.14. The van der Waals surface area contributed by atoms with Crippen molar-refractivity contribution in [1.29, 1.82) is 0 Å². The fraction of sp³-hybridized carbons (Fsp3) is 0.412. The molecule has 1 aliphatic carbocycles. The van der Waals surface area contributed by atoms with Crippen molar-refractivity contribution in [3.8, 4) is 0 Å². The Hall–Kier alpha value is -1.90. The second kappa shape index (κ2) is 4.58. The van der Waals surface area contributed by atoms with Gasteiger partial charge in [-0.15, -0.1) is 0 Å². The van der Waals surface area contributed by atoms with Crippen molar-refractivity contribution in [3.63, 3.8) is 0 Å². The summed E-state index contributed by atoms with van der Waals surface area (Å²) in [6.45, 7) is 7.23. The van der Waals surface area contributed by atoms with Crippen LogP contribution in [0.2, 0.25) is 0 Å². The normalized spacial score (nSPS) is 17.1. The molecule has 20 heavy (non-hydrogen) atoms. The van der Waals surface area contributed by atoms with Gasteiger partial charge >= 0.3 is 0 Å². The number of rotatable bonds is 2. The lowest BCUT2D eigenvalue weighted by Crippen LogP contribution is -2.28. The van der Waals surface area contributed by atoms with E-state index in [1.165, 1.54) is 16.8 Å². The number of carbonyl (C=O) groups excluding carboxylic acids is 1. The third-order valence-electron chi connectivity index (χ3n) is 4.14. The summed E-state index contributed by atoms with van der Waals surface area (Å²) in [7, 11) is 0. The zero-order valence-electron chi connectivity index (χ0n) is 12.3. The summed E-state index contributed by atoms with van der Waals surface area (Å²) < 4.78 is 2.22. The number of pyridine rings is 1. The molecule has 0 N–H and O–H groups in total. The highest BCUT2D eigenvalue weighted by molar-refractivity contribution is 5.98. The first-order valence-electron chi connectivity index (χ1n) is 7.07. The van der Waals surface area contributed by atoms with Crippen LogP contribution in [0.15, 0.2) is 30.7 Å². The Balaban J connectivity index is 1.98. The molecule has 3 rings (SSSR count). The van der Waals surface area contributed by atoms with E-state index in [0.29, 0.717) is 6.42 Å². The van der Waals surface area contributed by atoms with Crippen molar-refractivity contribution in [2.45, 2.75) is 40.2 Å². The highest BCUT2D eigenvalue weighted by Gasteiger charge is 2.32. The van der Waals surface area contributed by atoms with E-state index in [-0.39, 0.29) is 11.2 Å². The molecule has 0 saturated heterocycles. The molecule has 0 unspecified atom stereocenters. The maximum absolute atomic E-state index is 12.2. The topological polar surface area (TPSA) is 34.9 Å². The fourth-order valence-electron chi connectivity index (χ4n) is 3.01. The predicted octanol–water partition coefficient (Wildman–Crippen LogP) is 3.39. The zero-order chi connectivity index (χ0) is 14.3. The number of nitrogens with zero attached hydrogens (tertiary/aromatic N) is 2. The predicted molar refractivity (Wildman–Crippen MR) is 78.9 cm³/mol. The van der Waals surface area contributed by atoms with E-state index in [1.807, 2.05) is 24.7 Å². The van der Waals surface area contributed by atoms with Gasteiger partial charge in [-0.05, 0) is 42.0 Å². The van der Waals surface area contributed by atoms with E-state index in [0.717, 1.165) is 18.5 Å². The van der Waals surface area contributed by atoms with E-state index in [1.54, 1.807) is 0 Å². The van der Waals surface area contributed by atoms with Crippen LogP contribution in [0, 0.1) is 12.3 Å². The molecular formula is C17H20N2O. The van der Waals surface area contributed by atoms with Crippen LogP contribution in [0.25, 0.3) is 0 Å². The van der Waals surface area contributed by atoms with Gasteiger partial charge in [0.15, 0.2) is 5.78 Å². The second-order valence-electron chi connectivity index (χ2n) is 6.55. The first-order chi connectivity index (χ1) is 9.46. The number of fused-ring (bicyclic) bond motifs is 1. The van der Waals surface area contributed by atoms with E-state index < -0.39 is 0 Å². The number of aryl methyl sites for hydroxylation is 1. The van der Waals surface area contributed by atoms with Gasteiger partial charge in [0.05, 0.1) is 0 Å². The van der Waals surface area contributed by atoms with Gasteiger partial charge < -0.3 is 4.57 Å². The smallest absolute Gasteiger partial charge is 0.165 e. The lowest BCUT2D eigenvalue weighted by atomic mass is 9.76. The van der Waals surface area contributed by atoms with E-state index in [2.05, 4.69) is 36.4 Å². The van der Waals surface area contributed by atoms with E-state index in [9.17, 15) is 4.79 Å². The number of ketones is 1. The van der Waals surface area contributed by atoms with Crippen LogP contribution in [0.3, 0.4) is 0 Å². The molecule has 0 saturated carbocycles. The minimum atomic E-state index is 0.0630. The fourth-order valence-corrected chi connectivity index (χ4v) is 3.01. The first-order valence-corrected chi connectivity index (χ1v) is 7.07. The number of hydrogen-bond donors (Lipinski definition) is 0. The number of carbonyl (C=O) groups is 1. The molecule has 104 valence electrons. The molecule has 0 spiro atoms. The molecule has 2 aromatic rings. The number of aromatic nitrogens is 2. The maximum atomic E-state index is 12.2. The molecule has 2 aromatic heterocycles. The minimum absolute atomic E-state index is 0.0630. The maximum Gasteiger partial charge on any atom is 0.165 e. The Labute approximate surface area is 119 Å². The molecule has 0 aromatic carbocycles. The average molecular weight is 268 g/mol. The van der Waals surface area contributed by atoms with Crippen LogP contribution < -0.4 is 0 Å². The van der Waals surface area contributed by atoms with E-state index in [4.69, 9.17) is 0 Å². The van der Waals surface area contributed by atoms with Gasteiger partial charge in [0.25, 0.3) is 0 Å². The Bertz CT molecular complexity index is 667. The molecular weight excluding hydrogens is 248 g/mol. The Morgan fingerprint density at radius 3 is 2.85 bits per heavy atom. The van der Waals surface area contributed by atoms with Crippen molar-refractivity contribution in [1.82, 2.24) is 9.55 Å². The second-order valence-corrected chi connectivity index (χ2v) is 6.55. The van der Waals surface area contributed by atoms with Crippen molar-refractivity contribution < 1.29 is 4.79 Å². The highest BCUT2D eigenvalue weighted by atomic mass is 16.1. The van der Waals surface area contributed by atoms with Crippen LogP contribution in [-0.4, -0.2) is 15.3 Å². The van der Waals surface area contributed by atoms with Crippen LogP contribution in [0.1, 0.15) is 47.4 Å². The van der Waals surface area contributed by atoms with Gasteiger partial charge in [0.1, 0.15) is 0 Å². The summed E-state index contributed by atoms with van der Waals surface area (Å²) in [5.74, 6) is 0.279. The Kier molecular flexibility index (Phi) is 3.00. The lowest BCUT2D eigenvalue weighted by Gasteiger charge is -2.29. The SMILES string of the molecule is Cc1cnccc1Cn1ccc2c1CC(C)(C)CC2=O. The van der Waals surface area contributed by atoms with Crippen molar-refractivity contribution in [3.05, 3.63) is 53.1 Å². The molecule has 0 aliphatic heterocycles. The highest BCUT2D eigenvalue weighted by Crippen LogP contribution is 2.35. The van der Waals surface area contributed by atoms with Crippen molar-refractivity contribution in [2.24, 2.45) is 5.41 Å². The summed E-state index contributed by atoms with van der Waals surface area (Å²) in [6, 6.07) is 4.03. The minimum Gasteiger partial charge on any atom is -0.346 e. The Morgan fingerprint density at radius 2 is 2.10 bits per heavy atom. The van der Waals surface area contributed by atoms with Crippen molar-refractivity contribution >= 4 is 5.78 Å². The quantitative estimate of drug-likeness (QED) is 0.836. The standard InChI is InChI=1S/C17H20N2O/c1-12-10-18-6-4-13(12)11-19-7-5-14-15(19)8-17(2,3)9-16(14)20/h4-7,10H,8-9,11H2,1-3H3. The Morgan fingerprint density at radius 1 is 1.30 bits per heavy atom. The van der Waals surface area contributed by atoms with E-state index >= 15 is 0 Å². The van der Waals surface area contributed by atoms with Crippen LogP contribution >= 0.6 is 0 Å². The molecule has 3 heteroatoms. The average Bonchev–Trinajstić information content (AvgIpc) is 2.74. The summed E-state index contributed by atoms with van der Waals surface area (Å²) in [5, 5.41) is 0. The molecule has 2 heterocycles. The van der Waals surface area contributed by atoms with Gasteiger partial charge in [-0.3, -0.25) is 9.78 Å². The molecule has 3 nitrogen and oxygen atoms in total. The zero-order valence-corrected chi connectivity index (χ0v) is 12.3. The molecule has 0 bridgehead atoms. The molecule has 0 radical (unpaired) electrons. The largest absolute Gasteiger partial charge is 0.346 e. The number of Topliss-reactive ketones (excluding diaryl/α,β-unsaturated/α-hetero) is 1. The molecule has 1 aliphatic rings. The monoisotopic (exact) mass is 268 g/mol. The lowest BCUT2D eigenvalue weighted by molar-refractivity contribution is 0.0910. The van der Waals surface area contributed by atoms with Gasteiger partial charge in [-0.1, -0.05) is 13.8 Å². The van der Waals surface area contributed by atoms with Gasteiger partial charge in [0, 0.05) is 42.8 Å². The van der Waals surface area contributed by atoms with Gasteiger partial charge in [0.2, 0.25) is 0 Å². The molecule has 0 atom stereocenters. The summed E-state index contributed by atoms with van der Waals surface area (Å²) in [4.78, 5) is 16.3. The molecule has 0 fully saturated rings. The third kappa shape index (κ3) is 2.28. The molecule has 0 amide bonds. The van der Waals surface area contributed by atoms with Crippen LogP contribution in [0.4, 0.5) is 0 Å². The summed E-state index contributed by atoms with van der Waals surface area (Å²) in [6.07, 6.45) is 7.38. The van der Waals surface area contributed by atoms with Gasteiger partial charge in [-0.2, -0.15) is 0 Å². The van der Waals surface area contributed by atoms with Crippen LogP contribution in [-0.2, 0) is 13.0 Å². The van der Waals surface area contributed by atoms with Crippen LogP contribution in [0.5, 0.6) is 0 Å². The summed E-state index contributed by atoms with van der Waals surface area (Å²) in [5.41, 5.74) is 4.61.